The molecule has 0 N–H and O–H groups in total. The molecular weight excluding hydrogens is 288 g/mol. The van der Waals surface area contributed by atoms with Gasteiger partial charge < -0.3 is 9.31 Å². The fourth-order valence-corrected chi connectivity index (χ4v) is 2.17. The van der Waals surface area contributed by atoms with Crippen molar-refractivity contribution < 1.29 is 23.3 Å². The van der Waals surface area contributed by atoms with Gasteiger partial charge in [-0.15, -0.1) is 0 Å². The molecule has 5 nitrogen and oxygen atoms in total. The molecule has 22 heavy (non-hydrogen) atoms. The Hall–Kier alpha value is -1.44. The molecule has 1 amide bonds. The van der Waals surface area contributed by atoms with E-state index >= 15 is 0 Å². The highest BCUT2D eigenvalue weighted by atomic mass is 19.1. The van der Waals surface area contributed by atoms with E-state index in [1.807, 2.05) is 27.7 Å². The maximum absolute atomic E-state index is 14.2. The molecule has 1 heterocycles. The van der Waals surface area contributed by atoms with Crippen molar-refractivity contribution in [2.45, 2.75) is 38.9 Å². The van der Waals surface area contributed by atoms with Crippen molar-refractivity contribution in [1.29, 1.82) is 0 Å². The van der Waals surface area contributed by atoms with Crippen LogP contribution in [0.3, 0.4) is 0 Å². The normalized spacial score (nSPS) is 19.3. The lowest BCUT2D eigenvalue weighted by atomic mass is 9.75. The van der Waals surface area contributed by atoms with Gasteiger partial charge >= 0.3 is 7.12 Å². The summed E-state index contributed by atoms with van der Waals surface area (Å²) in [5, 5.41) is 0.965. The van der Waals surface area contributed by atoms with Gasteiger partial charge in [-0.2, -0.15) is 0 Å². The zero-order valence-corrected chi connectivity index (χ0v) is 13.8. The van der Waals surface area contributed by atoms with E-state index in [-0.39, 0.29) is 5.56 Å². The number of hydrogen-bond donors (Lipinski definition) is 0. The number of carbonyl (C=O) groups excluding carboxylic acids is 1. The van der Waals surface area contributed by atoms with Gasteiger partial charge in [0, 0.05) is 7.05 Å². The first-order chi connectivity index (χ1) is 10.1. The van der Waals surface area contributed by atoms with Crippen LogP contribution in [0, 0.1) is 5.82 Å². The molecule has 0 bridgehead atoms. The molecule has 1 saturated heterocycles. The number of nitrogens with zero attached hydrogens (tertiary/aromatic N) is 1. The van der Waals surface area contributed by atoms with Crippen LogP contribution in [0.2, 0.25) is 0 Å². The number of carbonyl (C=O) groups is 1. The van der Waals surface area contributed by atoms with E-state index < -0.39 is 30.0 Å². The molecule has 0 atom stereocenters. The standard InChI is InChI=1S/C15H21BFNO4/c1-14(2)15(3,4)22-16(21-14)10-8-7-9-11(17)12(10)13(19)18(5)20-6/h7-9H,1-6H3. The summed E-state index contributed by atoms with van der Waals surface area (Å²) in [6.07, 6.45) is 0. The largest absolute Gasteiger partial charge is 0.495 e. The highest BCUT2D eigenvalue weighted by Gasteiger charge is 2.52. The molecule has 1 aliphatic heterocycles. The molecule has 0 radical (unpaired) electrons. The van der Waals surface area contributed by atoms with Gasteiger partial charge in [0.25, 0.3) is 5.91 Å². The number of rotatable bonds is 3. The van der Waals surface area contributed by atoms with Crippen LogP contribution in [-0.2, 0) is 14.1 Å². The summed E-state index contributed by atoms with van der Waals surface area (Å²) in [5.41, 5.74) is -0.896. The highest BCUT2D eigenvalue weighted by Crippen LogP contribution is 2.36. The van der Waals surface area contributed by atoms with Crippen LogP contribution in [0.25, 0.3) is 0 Å². The molecule has 7 heteroatoms. The third-order valence-corrected chi connectivity index (χ3v) is 4.33. The van der Waals surface area contributed by atoms with Crippen LogP contribution in [0.5, 0.6) is 0 Å². The van der Waals surface area contributed by atoms with Gasteiger partial charge in [-0.25, -0.2) is 9.45 Å². The van der Waals surface area contributed by atoms with E-state index in [1.165, 1.54) is 26.3 Å². The van der Waals surface area contributed by atoms with Gasteiger partial charge in [-0.1, -0.05) is 12.1 Å². The fraction of sp³-hybridized carbons (Fsp3) is 0.533. The van der Waals surface area contributed by atoms with Gasteiger partial charge in [0.15, 0.2) is 0 Å². The van der Waals surface area contributed by atoms with E-state index in [0.717, 1.165) is 5.06 Å². The van der Waals surface area contributed by atoms with Crippen molar-refractivity contribution >= 4 is 18.5 Å². The maximum Gasteiger partial charge on any atom is 0.495 e. The summed E-state index contributed by atoms with van der Waals surface area (Å²) in [6.45, 7) is 7.59. The predicted molar refractivity (Wildman–Crippen MR) is 81.2 cm³/mol. The first-order valence-electron chi connectivity index (χ1n) is 7.07. The summed E-state index contributed by atoms with van der Waals surface area (Å²) in [4.78, 5) is 17.2. The van der Waals surface area contributed by atoms with Crippen molar-refractivity contribution in [2.75, 3.05) is 14.2 Å². The first-order valence-corrected chi connectivity index (χ1v) is 7.07. The van der Waals surface area contributed by atoms with Gasteiger partial charge in [0.2, 0.25) is 0 Å². The number of hydroxylamine groups is 2. The minimum Gasteiger partial charge on any atom is -0.399 e. The molecule has 0 unspecified atom stereocenters. The Morgan fingerprint density at radius 3 is 2.27 bits per heavy atom. The molecule has 1 fully saturated rings. The fourth-order valence-electron chi connectivity index (χ4n) is 2.17. The molecule has 120 valence electrons. The highest BCUT2D eigenvalue weighted by molar-refractivity contribution is 6.63. The topological polar surface area (TPSA) is 48.0 Å². The summed E-state index contributed by atoms with van der Waals surface area (Å²) in [5.74, 6) is -1.23. The molecule has 0 spiro atoms. The Bertz CT molecular complexity index is 575. The first kappa shape index (κ1) is 16.9. The third-order valence-electron chi connectivity index (χ3n) is 4.33. The van der Waals surface area contributed by atoms with Crippen LogP contribution >= 0.6 is 0 Å². The van der Waals surface area contributed by atoms with Crippen molar-refractivity contribution in [1.82, 2.24) is 5.06 Å². The van der Waals surface area contributed by atoms with Gasteiger partial charge in [0.1, 0.15) is 5.82 Å². The summed E-state index contributed by atoms with van der Waals surface area (Å²) in [7, 11) is 1.95. The Kier molecular flexibility index (Phi) is 4.34. The molecule has 0 aliphatic carbocycles. The molecule has 1 aromatic rings. The predicted octanol–water partition coefficient (Wildman–Crippen LogP) is 1.76. The Labute approximate surface area is 130 Å². The second-order valence-electron chi connectivity index (χ2n) is 6.28. The second-order valence-corrected chi connectivity index (χ2v) is 6.28. The van der Waals surface area contributed by atoms with Crippen molar-refractivity contribution in [3.63, 3.8) is 0 Å². The molecule has 1 aliphatic rings. The maximum atomic E-state index is 14.2. The van der Waals surface area contributed by atoms with E-state index in [9.17, 15) is 9.18 Å². The van der Waals surface area contributed by atoms with E-state index in [2.05, 4.69) is 0 Å². The smallest absolute Gasteiger partial charge is 0.399 e. The van der Waals surface area contributed by atoms with Crippen LogP contribution in [0.1, 0.15) is 38.1 Å². The van der Waals surface area contributed by atoms with Crippen LogP contribution in [0.15, 0.2) is 18.2 Å². The number of amides is 1. The number of hydrogen-bond acceptors (Lipinski definition) is 4. The van der Waals surface area contributed by atoms with Gasteiger partial charge in [-0.05, 0) is 39.2 Å². The average Bonchev–Trinajstić information content (AvgIpc) is 2.65. The zero-order valence-electron chi connectivity index (χ0n) is 13.8. The SMILES string of the molecule is CON(C)C(=O)c1c(F)cccc1B1OC(C)(C)C(C)(C)O1. The van der Waals surface area contributed by atoms with Crippen LogP contribution in [-0.4, -0.2) is 43.4 Å². The zero-order chi connectivity index (χ0) is 16.7. The number of halogens is 1. The quantitative estimate of drug-likeness (QED) is 0.630. The lowest BCUT2D eigenvalue weighted by molar-refractivity contribution is -0.0758. The molecular formula is C15H21BFNO4. The van der Waals surface area contributed by atoms with Crippen LogP contribution < -0.4 is 5.46 Å². The number of benzene rings is 1. The summed E-state index contributed by atoms with van der Waals surface area (Å²) < 4.78 is 26.0. The van der Waals surface area contributed by atoms with Gasteiger partial charge in [0.05, 0.1) is 23.9 Å². The summed E-state index contributed by atoms with van der Waals surface area (Å²) >= 11 is 0. The Morgan fingerprint density at radius 1 is 1.23 bits per heavy atom. The Balaban J connectivity index is 2.46. The summed E-state index contributed by atoms with van der Waals surface area (Å²) in [6, 6.07) is 4.38. The molecule has 0 aromatic heterocycles. The third kappa shape index (κ3) is 2.76. The lowest BCUT2D eigenvalue weighted by Gasteiger charge is -2.32. The Morgan fingerprint density at radius 2 is 1.77 bits per heavy atom. The molecule has 0 saturated carbocycles. The van der Waals surface area contributed by atoms with E-state index in [4.69, 9.17) is 14.1 Å². The van der Waals surface area contributed by atoms with Crippen molar-refractivity contribution in [2.24, 2.45) is 0 Å². The van der Waals surface area contributed by atoms with Gasteiger partial charge in [-0.3, -0.25) is 9.63 Å². The molecule has 1 aromatic carbocycles. The second kappa shape index (κ2) is 5.64. The van der Waals surface area contributed by atoms with Crippen molar-refractivity contribution in [3.05, 3.63) is 29.6 Å². The van der Waals surface area contributed by atoms with Crippen LogP contribution in [0.4, 0.5) is 4.39 Å². The minimum atomic E-state index is -0.815. The average molecular weight is 309 g/mol. The molecule has 2 rings (SSSR count). The minimum absolute atomic E-state index is 0.106. The van der Waals surface area contributed by atoms with E-state index in [1.54, 1.807) is 6.07 Å². The lowest BCUT2D eigenvalue weighted by Crippen LogP contribution is -2.41. The van der Waals surface area contributed by atoms with Crippen molar-refractivity contribution in [3.8, 4) is 0 Å². The monoisotopic (exact) mass is 309 g/mol. The van der Waals surface area contributed by atoms with E-state index in [0.29, 0.717) is 5.46 Å².